The van der Waals surface area contributed by atoms with Gasteiger partial charge in [-0.05, 0) is 55.9 Å². The van der Waals surface area contributed by atoms with Crippen LogP contribution in [0.2, 0.25) is 0 Å². The van der Waals surface area contributed by atoms with E-state index >= 15 is 0 Å². The molecule has 1 aromatic rings. The molecule has 1 N–H and O–H groups in total. The van der Waals surface area contributed by atoms with Crippen molar-refractivity contribution in [2.75, 3.05) is 0 Å². The van der Waals surface area contributed by atoms with Crippen LogP contribution in [-0.4, -0.2) is 11.7 Å². The molecule has 1 rings (SSSR count). The van der Waals surface area contributed by atoms with Crippen LogP contribution in [0.25, 0.3) is 5.57 Å². The number of nitrogens with one attached hydrogen (secondary N) is 1. The second-order valence-electron chi connectivity index (χ2n) is 5.48. The van der Waals surface area contributed by atoms with Crippen LogP contribution in [0.4, 0.5) is 8.78 Å². The van der Waals surface area contributed by atoms with E-state index in [9.17, 15) is 8.78 Å². The van der Waals surface area contributed by atoms with Crippen molar-refractivity contribution < 1.29 is 8.78 Å². The van der Waals surface area contributed by atoms with Crippen molar-refractivity contribution in [2.45, 2.75) is 59.2 Å². The Morgan fingerprint density at radius 3 is 2.38 bits per heavy atom. The Morgan fingerprint density at radius 2 is 1.90 bits per heavy atom. The third-order valence-corrected chi connectivity index (χ3v) is 4.44. The van der Waals surface area contributed by atoms with Crippen LogP contribution in [0.1, 0.15) is 50.3 Å². The lowest BCUT2D eigenvalue weighted by Crippen LogP contribution is -2.40. The van der Waals surface area contributed by atoms with Gasteiger partial charge in [0, 0.05) is 5.70 Å². The van der Waals surface area contributed by atoms with E-state index < -0.39 is 11.7 Å². The Labute approximate surface area is 129 Å². The molecule has 0 saturated heterocycles. The number of alkyl halides is 2. The first-order valence-electron chi connectivity index (χ1n) is 7.41. The van der Waals surface area contributed by atoms with E-state index in [1.165, 1.54) is 11.1 Å². The van der Waals surface area contributed by atoms with Crippen molar-refractivity contribution in [1.29, 1.82) is 0 Å². The molecule has 0 aromatic heterocycles. The molecule has 0 radical (unpaired) electrons. The number of halogens is 2. The zero-order chi connectivity index (χ0) is 16.2. The lowest BCUT2D eigenvalue weighted by atomic mass is 9.95. The number of rotatable bonds is 6. The molecule has 0 amide bonds. The maximum absolute atomic E-state index is 13.6. The van der Waals surface area contributed by atoms with Crippen molar-refractivity contribution in [3.8, 4) is 0 Å². The van der Waals surface area contributed by atoms with Gasteiger partial charge >= 0.3 is 0 Å². The highest BCUT2D eigenvalue weighted by atomic mass is 31.0. The highest BCUT2D eigenvalue weighted by Gasteiger charge is 2.33. The van der Waals surface area contributed by atoms with Gasteiger partial charge in [0.15, 0.2) is 0 Å². The lowest BCUT2D eigenvalue weighted by molar-refractivity contribution is 0.0601. The number of benzene rings is 1. The summed E-state index contributed by atoms with van der Waals surface area (Å²) in [7, 11) is 1.65. The van der Waals surface area contributed by atoms with E-state index in [4.69, 9.17) is 0 Å². The Morgan fingerprint density at radius 1 is 1.29 bits per heavy atom. The fraction of sp³-hybridized carbons (Fsp3) is 0.529. The zero-order valence-electron chi connectivity index (χ0n) is 13.6. The van der Waals surface area contributed by atoms with Gasteiger partial charge in [-0.2, -0.15) is 0 Å². The largest absolute Gasteiger partial charge is 0.379 e. The van der Waals surface area contributed by atoms with Crippen LogP contribution in [0.5, 0.6) is 0 Å². The first-order chi connectivity index (χ1) is 9.72. The topological polar surface area (TPSA) is 12.0 Å². The molecule has 0 fully saturated rings. The molecular weight excluding hydrogens is 287 g/mol. The molecule has 0 heterocycles. The standard InChI is InChI=1S/C17H26F2NP/c1-6-15(20-16(7-2)17(18,19)21)13(5)14-10-8-9-11(3)12(14)4/h8-10,16,20H,6-7,21H2,1-5H3/b15-13+. The summed E-state index contributed by atoms with van der Waals surface area (Å²) < 4.78 is 27.1. The number of aryl methyl sites for hydroxylation is 1. The second-order valence-corrected chi connectivity index (χ2v) is 6.25. The molecule has 2 atom stereocenters. The first kappa shape index (κ1) is 18.1. The average molecular weight is 313 g/mol. The van der Waals surface area contributed by atoms with Gasteiger partial charge in [-0.3, -0.25) is 0 Å². The van der Waals surface area contributed by atoms with Crippen molar-refractivity contribution >= 4 is 14.8 Å². The van der Waals surface area contributed by atoms with Crippen LogP contribution in [0.3, 0.4) is 0 Å². The molecule has 4 heteroatoms. The maximum Gasteiger partial charge on any atom is 0.278 e. The van der Waals surface area contributed by atoms with E-state index in [1.54, 1.807) is 16.2 Å². The van der Waals surface area contributed by atoms with E-state index in [0.29, 0.717) is 12.8 Å². The number of hydrogen-bond acceptors (Lipinski definition) is 1. The maximum atomic E-state index is 13.6. The molecule has 0 spiro atoms. The quantitative estimate of drug-likeness (QED) is 0.704. The summed E-state index contributed by atoms with van der Waals surface area (Å²) >= 11 is 0. The predicted octanol–water partition coefficient (Wildman–Crippen LogP) is 5.28. The minimum Gasteiger partial charge on any atom is -0.379 e. The summed E-state index contributed by atoms with van der Waals surface area (Å²) in [5, 5.41) is 3.05. The van der Waals surface area contributed by atoms with Crippen LogP contribution >= 0.6 is 9.24 Å². The number of hydrogen-bond donors (Lipinski definition) is 1. The summed E-state index contributed by atoms with van der Waals surface area (Å²) in [4.78, 5) is 0. The van der Waals surface area contributed by atoms with Crippen molar-refractivity contribution in [1.82, 2.24) is 5.32 Å². The third-order valence-electron chi connectivity index (χ3n) is 4.04. The average Bonchev–Trinajstić information content (AvgIpc) is 2.41. The van der Waals surface area contributed by atoms with Gasteiger partial charge in [0.25, 0.3) is 5.66 Å². The van der Waals surface area contributed by atoms with E-state index in [2.05, 4.69) is 31.3 Å². The molecule has 118 valence electrons. The van der Waals surface area contributed by atoms with Crippen LogP contribution in [-0.2, 0) is 0 Å². The van der Waals surface area contributed by atoms with Gasteiger partial charge in [-0.25, -0.2) is 8.78 Å². The molecule has 1 nitrogen and oxygen atoms in total. The minimum absolute atomic E-state index is 0.375. The monoisotopic (exact) mass is 313 g/mol. The van der Waals surface area contributed by atoms with Gasteiger partial charge in [0.2, 0.25) is 0 Å². The van der Waals surface area contributed by atoms with Gasteiger partial charge in [0.1, 0.15) is 0 Å². The summed E-state index contributed by atoms with van der Waals surface area (Å²) in [5.74, 6) is 0. The summed E-state index contributed by atoms with van der Waals surface area (Å²) in [6.45, 7) is 9.90. The second kappa shape index (κ2) is 7.35. The van der Waals surface area contributed by atoms with Crippen molar-refractivity contribution in [2.24, 2.45) is 0 Å². The molecule has 0 aliphatic heterocycles. The van der Waals surface area contributed by atoms with E-state index in [1.807, 2.05) is 19.9 Å². The van der Waals surface area contributed by atoms with Gasteiger partial charge in [-0.1, -0.05) is 41.3 Å². The molecule has 21 heavy (non-hydrogen) atoms. The fourth-order valence-electron chi connectivity index (χ4n) is 2.48. The lowest BCUT2D eigenvalue weighted by Gasteiger charge is -2.27. The minimum atomic E-state index is -2.81. The SMILES string of the molecule is CC/C(NC(CC)C(F)(F)P)=C(/C)c1cccc(C)c1C. The van der Waals surface area contributed by atoms with Crippen molar-refractivity contribution in [3.05, 3.63) is 40.6 Å². The molecule has 0 aliphatic rings. The van der Waals surface area contributed by atoms with E-state index in [0.717, 1.165) is 16.8 Å². The van der Waals surface area contributed by atoms with Gasteiger partial charge in [0.05, 0.1) is 6.04 Å². The van der Waals surface area contributed by atoms with Crippen molar-refractivity contribution in [3.63, 3.8) is 0 Å². The number of allylic oxidation sites excluding steroid dienone is 2. The Bertz CT molecular complexity index is 518. The summed E-state index contributed by atoms with van der Waals surface area (Å²) in [6, 6.07) is 5.26. The molecule has 0 bridgehead atoms. The molecule has 2 unspecified atom stereocenters. The molecule has 0 aliphatic carbocycles. The van der Waals surface area contributed by atoms with Crippen LogP contribution < -0.4 is 5.32 Å². The Hall–Kier alpha value is -0.950. The summed E-state index contributed by atoms with van der Waals surface area (Å²) in [6.07, 6.45) is 1.08. The highest BCUT2D eigenvalue weighted by Crippen LogP contribution is 2.31. The third kappa shape index (κ3) is 4.51. The van der Waals surface area contributed by atoms with Crippen LogP contribution in [0, 0.1) is 13.8 Å². The van der Waals surface area contributed by atoms with E-state index in [-0.39, 0.29) is 0 Å². The highest BCUT2D eigenvalue weighted by molar-refractivity contribution is 7.18. The summed E-state index contributed by atoms with van der Waals surface area (Å²) in [5.41, 5.74) is 2.67. The smallest absolute Gasteiger partial charge is 0.278 e. The Kier molecular flexibility index (Phi) is 6.34. The molecule has 1 aromatic carbocycles. The zero-order valence-corrected chi connectivity index (χ0v) is 14.7. The van der Waals surface area contributed by atoms with Crippen LogP contribution in [0.15, 0.2) is 23.9 Å². The fourth-order valence-corrected chi connectivity index (χ4v) is 2.80. The van der Waals surface area contributed by atoms with Gasteiger partial charge < -0.3 is 5.32 Å². The molecule has 0 saturated carbocycles. The normalized spacial score (nSPS) is 14.7. The first-order valence-corrected chi connectivity index (χ1v) is 7.99. The Balaban J connectivity index is 3.19. The molecular formula is C17H26F2NP. The van der Waals surface area contributed by atoms with Gasteiger partial charge in [-0.15, -0.1) is 0 Å². The predicted molar refractivity (Wildman–Crippen MR) is 90.7 cm³/mol.